The van der Waals surface area contributed by atoms with E-state index in [1.807, 2.05) is 26.8 Å². The van der Waals surface area contributed by atoms with Gasteiger partial charge in [-0.2, -0.15) is 0 Å². The Morgan fingerprint density at radius 2 is 1.50 bits per heavy atom. The van der Waals surface area contributed by atoms with Crippen molar-refractivity contribution in [3.05, 3.63) is 41.2 Å². The Morgan fingerprint density at radius 1 is 1.04 bits per heavy atom. The molecule has 1 aromatic rings. The van der Waals surface area contributed by atoms with Crippen LogP contribution in [-0.4, -0.2) is 45.7 Å². The maximum Gasteiger partial charge on any atom is 2.00 e. The summed E-state index contributed by atoms with van der Waals surface area (Å²) < 4.78 is 5.15. The molecule has 146 valence electrons. The van der Waals surface area contributed by atoms with Gasteiger partial charge in [0.05, 0.1) is 5.60 Å². The Kier molecular flexibility index (Phi) is 23.8. The van der Waals surface area contributed by atoms with Crippen molar-refractivity contribution in [2.45, 2.75) is 84.4 Å². The first kappa shape index (κ1) is 39.6. The van der Waals surface area contributed by atoms with Gasteiger partial charge in [-0.3, -0.25) is 0 Å². The van der Waals surface area contributed by atoms with Crippen molar-refractivity contribution in [1.29, 1.82) is 0 Å². The summed E-state index contributed by atoms with van der Waals surface area (Å²) in [5.41, 5.74) is 0.502. The van der Waals surface area contributed by atoms with Crippen LogP contribution in [0.15, 0.2) is 24.3 Å². The van der Waals surface area contributed by atoms with E-state index in [9.17, 15) is 4.79 Å². The second-order valence-electron chi connectivity index (χ2n) is 8.37. The summed E-state index contributed by atoms with van der Waals surface area (Å²) in [7, 11) is 0. The topological polar surface area (TPSA) is 40.4 Å². The van der Waals surface area contributed by atoms with Crippen molar-refractivity contribution < 1.29 is 72.1 Å². The third-order valence-corrected chi connectivity index (χ3v) is 3.51. The number of halogens is 2. The van der Waals surface area contributed by atoms with Crippen LogP contribution in [0, 0.1) is 6.07 Å². The standard InChI is InChI=1S/C11H13O2.C9H18N.2ClH.2Li.Mg/c1-11(2,3)13-10(12)9-7-5-4-6-8-9;1-8(2)6-5-7-9(3,4)10-8;;;;;/h4-7H,1-3H3;5-7H2,1-4H3;2*1H;;;/q2*-1;;;2*+1;+2/p-2. The van der Waals surface area contributed by atoms with Gasteiger partial charge < -0.3 is 39.7 Å². The Balaban J connectivity index is -0.000000109. The van der Waals surface area contributed by atoms with Crippen LogP contribution in [0.1, 0.15) is 78.1 Å². The molecule has 2 rings (SSSR count). The number of rotatable bonds is 1. The summed E-state index contributed by atoms with van der Waals surface area (Å²) in [6.45, 7) is 14.4. The zero-order valence-corrected chi connectivity index (χ0v) is 22.1. The van der Waals surface area contributed by atoms with E-state index in [4.69, 9.17) is 10.1 Å². The normalized spacial score (nSPS) is 15.8. The van der Waals surface area contributed by atoms with Gasteiger partial charge in [-0.05, 0) is 20.8 Å². The zero-order valence-electron chi connectivity index (χ0n) is 19.2. The second-order valence-corrected chi connectivity index (χ2v) is 8.37. The smallest absolute Gasteiger partial charge is 1.00 e. The summed E-state index contributed by atoms with van der Waals surface area (Å²) >= 11 is 0. The van der Waals surface area contributed by atoms with Gasteiger partial charge in [0.15, 0.2) is 0 Å². The largest absolute Gasteiger partial charge is 2.00 e. The average molecular weight is 427 g/mol. The van der Waals surface area contributed by atoms with Gasteiger partial charge in [-0.1, -0.05) is 52.5 Å². The third kappa shape index (κ3) is 18.0. The zero-order chi connectivity index (χ0) is 17.7. The molecule has 1 heterocycles. The molecular formula is C20H31Cl2Li2MgNO2. The Morgan fingerprint density at radius 3 is 1.79 bits per heavy atom. The Labute approximate surface area is 225 Å². The summed E-state index contributed by atoms with van der Waals surface area (Å²) in [5, 5.41) is 4.75. The van der Waals surface area contributed by atoms with E-state index in [2.05, 4.69) is 33.8 Å². The van der Waals surface area contributed by atoms with Crippen molar-refractivity contribution in [3.8, 4) is 0 Å². The fourth-order valence-corrected chi connectivity index (χ4v) is 2.74. The number of nitrogens with zero attached hydrogens (tertiary/aromatic N) is 1. The van der Waals surface area contributed by atoms with Crippen molar-refractivity contribution in [1.82, 2.24) is 0 Å². The van der Waals surface area contributed by atoms with E-state index in [-0.39, 0.29) is 103 Å². The number of hydrogen-bond acceptors (Lipinski definition) is 2. The Bertz CT molecular complexity index is 511. The molecule has 28 heavy (non-hydrogen) atoms. The summed E-state index contributed by atoms with van der Waals surface area (Å²) in [4.78, 5) is 11.4. The Hall–Kier alpha value is 1.19. The molecular weight excluding hydrogens is 395 g/mol. The van der Waals surface area contributed by atoms with Gasteiger partial charge in [0.2, 0.25) is 0 Å². The maximum atomic E-state index is 11.4. The van der Waals surface area contributed by atoms with Crippen molar-refractivity contribution in [2.75, 3.05) is 0 Å². The van der Waals surface area contributed by atoms with Gasteiger partial charge >= 0.3 is 60.8 Å². The van der Waals surface area contributed by atoms with E-state index < -0.39 is 5.60 Å². The maximum absolute atomic E-state index is 11.4. The molecule has 0 atom stereocenters. The molecule has 1 aliphatic rings. The molecule has 1 aliphatic heterocycles. The number of carbonyl (C=O) groups is 1. The van der Waals surface area contributed by atoms with Crippen molar-refractivity contribution in [3.63, 3.8) is 0 Å². The summed E-state index contributed by atoms with van der Waals surface area (Å²) in [6.07, 6.45) is 3.86. The van der Waals surface area contributed by atoms with Crippen molar-refractivity contribution >= 4 is 29.0 Å². The minimum Gasteiger partial charge on any atom is -1.00 e. The first-order valence-corrected chi connectivity index (χ1v) is 8.34. The third-order valence-electron chi connectivity index (χ3n) is 3.51. The molecule has 0 saturated carbocycles. The van der Waals surface area contributed by atoms with Gasteiger partial charge in [-0.25, -0.2) is 0 Å². The molecule has 1 fully saturated rings. The van der Waals surface area contributed by atoms with Crippen LogP contribution < -0.4 is 62.5 Å². The molecule has 1 saturated heterocycles. The molecule has 1 aromatic carbocycles. The molecule has 0 bridgehead atoms. The van der Waals surface area contributed by atoms with Crippen molar-refractivity contribution in [2.24, 2.45) is 0 Å². The molecule has 8 heteroatoms. The quantitative estimate of drug-likeness (QED) is 0.255. The van der Waals surface area contributed by atoms with E-state index in [1.165, 1.54) is 19.3 Å². The number of carbonyl (C=O) groups excluding carboxylic acids is 1. The number of benzene rings is 1. The van der Waals surface area contributed by atoms with Gasteiger partial charge in [-0.15, -0.1) is 41.4 Å². The van der Waals surface area contributed by atoms with Crippen LogP contribution in [0.25, 0.3) is 5.32 Å². The number of hydrogen-bond donors (Lipinski definition) is 0. The number of ether oxygens (including phenoxy) is 1. The van der Waals surface area contributed by atoms with E-state index in [0.29, 0.717) is 5.56 Å². The minimum absolute atomic E-state index is 0. The second kappa shape index (κ2) is 16.8. The van der Waals surface area contributed by atoms with E-state index >= 15 is 0 Å². The van der Waals surface area contributed by atoms with Crippen LogP contribution in [0.5, 0.6) is 0 Å². The molecule has 0 amide bonds. The van der Waals surface area contributed by atoms with Crippen LogP contribution in [-0.2, 0) is 4.74 Å². The molecule has 0 spiro atoms. The summed E-state index contributed by atoms with van der Waals surface area (Å²) in [5.74, 6) is -0.326. The molecule has 0 aliphatic carbocycles. The fraction of sp³-hybridized carbons (Fsp3) is 0.650. The summed E-state index contributed by atoms with van der Waals surface area (Å²) in [6, 6.07) is 9.80. The van der Waals surface area contributed by atoms with Gasteiger partial charge in [0, 0.05) is 0 Å². The molecule has 0 unspecified atom stereocenters. The first-order chi connectivity index (χ1) is 10.4. The van der Waals surface area contributed by atoms with Crippen LogP contribution in [0.4, 0.5) is 0 Å². The molecule has 0 radical (unpaired) electrons. The van der Waals surface area contributed by atoms with Crippen LogP contribution >= 0.6 is 0 Å². The SMILES string of the molecule is CC(C)(C)OC(=O)c1[c-]cccc1.CC1(C)CCCC(C)(C)[N-]1.[Cl-].[Cl-].[Li+].[Li+].[Mg+2]. The monoisotopic (exact) mass is 425 g/mol. The van der Waals surface area contributed by atoms with Gasteiger partial charge in [0.25, 0.3) is 5.97 Å². The van der Waals surface area contributed by atoms with Crippen LogP contribution in [0.2, 0.25) is 0 Å². The predicted molar refractivity (Wildman–Crippen MR) is 102 cm³/mol. The minimum atomic E-state index is -0.444. The number of piperidine rings is 1. The molecule has 0 N–H and O–H groups in total. The number of esters is 1. The average Bonchev–Trinajstić information content (AvgIpc) is 2.35. The molecule has 0 aromatic heterocycles. The molecule has 3 nitrogen and oxygen atoms in total. The van der Waals surface area contributed by atoms with Crippen LogP contribution in [0.3, 0.4) is 0 Å². The predicted octanol–water partition coefficient (Wildman–Crippen LogP) is -6.82. The van der Waals surface area contributed by atoms with E-state index in [0.717, 1.165) is 0 Å². The fourth-order valence-electron chi connectivity index (χ4n) is 2.74. The first-order valence-electron chi connectivity index (χ1n) is 8.34. The van der Waals surface area contributed by atoms with Gasteiger partial charge in [0.1, 0.15) is 0 Å². The van der Waals surface area contributed by atoms with E-state index in [1.54, 1.807) is 18.2 Å².